The molecular formula is C23H21F6N3O2. The molecule has 4 rings (SSSR count). The molecule has 11 heteroatoms. The summed E-state index contributed by atoms with van der Waals surface area (Å²) in [5, 5.41) is 0. The number of aromatic amines is 2. The lowest BCUT2D eigenvalue weighted by molar-refractivity contribution is -0.274. The Kier molecular flexibility index (Phi) is 6.63. The first-order valence-electron chi connectivity index (χ1n) is 10.6. The number of ether oxygens (including phenoxy) is 2. The van der Waals surface area contributed by atoms with Crippen LogP contribution >= 0.6 is 0 Å². The average molecular weight is 485 g/mol. The molecule has 1 aliphatic carbocycles. The number of halogens is 6. The molecule has 2 heterocycles. The van der Waals surface area contributed by atoms with Gasteiger partial charge in [0.1, 0.15) is 17.2 Å². The Morgan fingerprint density at radius 1 is 0.882 bits per heavy atom. The molecule has 0 aliphatic heterocycles. The highest BCUT2D eigenvalue weighted by Gasteiger charge is 2.41. The van der Waals surface area contributed by atoms with Crippen molar-refractivity contribution < 1.29 is 35.8 Å². The van der Waals surface area contributed by atoms with Gasteiger partial charge in [-0.1, -0.05) is 0 Å². The zero-order chi connectivity index (χ0) is 24.3. The van der Waals surface area contributed by atoms with Crippen LogP contribution in [0.25, 0.3) is 11.4 Å². The van der Waals surface area contributed by atoms with Crippen LogP contribution in [0.3, 0.4) is 0 Å². The quantitative estimate of drug-likeness (QED) is 0.286. The van der Waals surface area contributed by atoms with Crippen LogP contribution in [-0.4, -0.2) is 34.8 Å². The van der Waals surface area contributed by atoms with E-state index in [1.807, 2.05) is 12.1 Å². The van der Waals surface area contributed by atoms with Crippen LogP contribution in [0.1, 0.15) is 31.4 Å². The second kappa shape index (κ2) is 9.47. The average Bonchev–Trinajstić information content (AvgIpc) is 3.42. The summed E-state index contributed by atoms with van der Waals surface area (Å²) in [5.74, 6) is -1.03. The van der Waals surface area contributed by atoms with Gasteiger partial charge in [-0.2, -0.15) is 13.2 Å². The number of benzene rings is 1. The molecule has 1 fully saturated rings. The molecule has 182 valence electrons. The summed E-state index contributed by atoms with van der Waals surface area (Å²) < 4.78 is 85.5. The monoisotopic (exact) mass is 485 g/mol. The van der Waals surface area contributed by atoms with Crippen molar-refractivity contribution in [3.63, 3.8) is 0 Å². The lowest BCUT2D eigenvalue weighted by atomic mass is 9.86. The summed E-state index contributed by atoms with van der Waals surface area (Å²) in [6.07, 6.45) is -4.95. The van der Waals surface area contributed by atoms with Crippen molar-refractivity contribution in [1.29, 1.82) is 0 Å². The van der Waals surface area contributed by atoms with Gasteiger partial charge >= 0.3 is 12.5 Å². The number of rotatable bonds is 6. The molecule has 3 aromatic rings. The Hall–Kier alpha value is -3.37. The topological polar surface area (TPSA) is 62.4 Å². The Bertz CT molecular complexity index is 1090. The largest absolute Gasteiger partial charge is 0.573 e. The lowest BCUT2D eigenvalue weighted by Gasteiger charge is -2.27. The molecule has 0 spiro atoms. The van der Waals surface area contributed by atoms with Gasteiger partial charge in [0.25, 0.3) is 0 Å². The third-order valence-electron chi connectivity index (χ3n) is 5.56. The summed E-state index contributed by atoms with van der Waals surface area (Å²) in [6, 6.07) is 10.0. The second-order valence-electron chi connectivity index (χ2n) is 7.99. The summed E-state index contributed by atoms with van der Waals surface area (Å²) in [5.41, 5.74) is 1.93. The maximum atomic E-state index is 12.9. The highest BCUT2D eigenvalue weighted by molar-refractivity contribution is 5.84. The molecule has 2 aromatic heterocycles. The molecule has 0 atom stereocenters. The predicted molar refractivity (Wildman–Crippen MR) is 113 cm³/mol. The van der Waals surface area contributed by atoms with Crippen LogP contribution in [0.4, 0.5) is 26.3 Å². The third kappa shape index (κ3) is 6.15. The number of aliphatic imine (C=N–C) groups is 1. The number of nitrogens with one attached hydrogen (secondary N) is 2. The van der Waals surface area contributed by atoms with Crippen LogP contribution in [0.5, 0.6) is 17.2 Å². The van der Waals surface area contributed by atoms with Gasteiger partial charge in [-0.05, 0) is 62.1 Å². The fourth-order valence-corrected chi connectivity index (χ4v) is 3.84. The number of alkyl halides is 6. The molecule has 0 unspecified atom stereocenters. The molecule has 1 saturated carbocycles. The minimum atomic E-state index is -4.79. The first-order chi connectivity index (χ1) is 16.1. The Morgan fingerprint density at radius 3 is 2.15 bits per heavy atom. The zero-order valence-corrected chi connectivity index (χ0v) is 17.7. The van der Waals surface area contributed by atoms with Crippen LogP contribution < -0.4 is 9.47 Å². The molecule has 34 heavy (non-hydrogen) atoms. The van der Waals surface area contributed by atoms with Gasteiger partial charge in [0.2, 0.25) is 0 Å². The molecule has 5 nitrogen and oxygen atoms in total. The van der Waals surface area contributed by atoms with E-state index in [9.17, 15) is 26.3 Å². The Balaban J connectivity index is 1.50. The molecule has 0 radical (unpaired) electrons. The van der Waals surface area contributed by atoms with Gasteiger partial charge in [-0.25, -0.2) is 0 Å². The molecule has 2 N–H and O–H groups in total. The van der Waals surface area contributed by atoms with Crippen molar-refractivity contribution in [3.8, 4) is 28.6 Å². The highest BCUT2D eigenvalue weighted by Crippen LogP contribution is 2.38. The molecule has 0 bridgehead atoms. The summed E-state index contributed by atoms with van der Waals surface area (Å²) >= 11 is 0. The second-order valence-corrected chi connectivity index (χ2v) is 7.99. The Morgan fingerprint density at radius 2 is 1.56 bits per heavy atom. The van der Waals surface area contributed by atoms with Gasteiger partial charge in [0, 0.05) is 18.5 Å². The first-order valence-corrected chi connectivity index (χ1v) is 10.6. The smallest absolute Gasteiger partial charge is 0.455 e. The van der Waals surface area contributed by atoms with Crippen LogP contribution in [0.15, 0.2) is 53.7 Å². The lowest BCUT2D eigenvalue weighted by Crippen LogP contribution is -2.29. The van der Waals surface area contributed by atoms with Crippen molar-refractivity contribution in [2.45, 2.75) is 44.3 Å². The maximum Gasteiger partial charge on any atom is 0.573 e. The van der Waals surface area contributed by atoms with Crippen LogP contribution in [0, 0.1) is 5.92 Å². The van der Waals surface area contributed by atoms with Crippen molar-refractivity contribution in [2.75, 3.05) is 0 Å². The minimum absolute atomic E-state index is 0.0413. The summed E-state index contributed by atoms with van der Waals surface area (Å²) in [7, 11) is 0. The van der Waals surface area contributed by atoms with Crippen molar-refractivity contribution in [2.24, 2.45) is 10.9 Å². The zero-order valence-electron chi connectivity index (χ0n) is 17.7. The van der Waals surface area contributed by atoms with Crippen molar-refractivity contribution in [3.05, 3.63) is 54.4 Å². The number of nitrogens with zero attached hydrogens (tertiary/aromatic N) is 1. The predicted octanol–water partition coefficient (Wildman–Crippen LogP) is 7.24. The number of hydrogen-bond donors (Lipinski definition) is 2. The van der Waals surface area contributed by atoms with Gasteiger partial charge in [0.05, 0.1) is 23.3 Å². The summed E-state index contributed by atoms with van der Waals surface area (Å²) in [4.78, 5) is 10.7. The van der Waals surface area contributed by atoms with E-state index in [0.717, 1.165) is 17.8 Å². The number of aromatic nitrogens is 2. The SMILES string of the molecule is FC(F)(F)Oc1ccc(Oc2cc(-c3ccc[nH]3)[nH]c2C=NC2CCC(C(F)(F)F)CC2)cc1. The normalized spacial score (nSPS) is 19.5. The molecule has 1 aromatic carbocycles. The third-order valence-corrected chi connectivity index (χ3v) is 5.56. The van der Waals surface area contributed by atoms with E-state index in [4.69, 9.17) is 4.74 Å². The maximum absolute atomic E-state index is 12.9. The number of hydrogen-bond acceptors (Lipinski definition) is 3. The van der Waals surface area contributed by atoms with E-state index in [2.05, 4.69) is 19.7 Å². The van der Waals surface area contributed by atoms with Crippen molar-refractivity contribution in [1.82, 2.24) is 9.97 Å². The van der Waals surface area contributed by atoms with Gasteiger partial charge in [0.15, 0.2) is 5.75 Å². The first kappa shape index (κ1) is 23.8. The molecular weight excluding hydrogens is 464 g/mol. The van der Waals surface area contributed by atoms with Crippen LogP contribution in [0.2, 0.25) is 0 Å². The minimum Gasteiger partial charge on any atom is -0.455 e. The number of H-pyrrole nitrogens is 2. The van der Waals surface area contributed by atoms with E-state index < -0.39 is 18.5 Å². The van der Waals surface area contributed by atoms with E-state index in [0.29, 0.717) is 30.0 Å². The fourth-order valence-electron chi connectivity index (χ4n) is 3.84. The standard InChI is InChI=1S/C23H21F6N3O2/c24-22(25,26)14-3-5-15(6-4-14)31-13-20-21(12-19(32-20)18-2-1-11-30-18)33-16-7-9-17(10-8-16)34-23(27,28)29/h1-2,7-15,30,32H,3-6H2. The fraction of sp³-hybridized carbons (Fsp3) is 0.348. The summed E-state index contributed by atoms with van der Waals surface area (Å²) in [6.45, 7) is 0. The van der Waals surface area contributed by atoms with E-state index >= 15 is 0 Å². The van der Waals surface area contributed by atoms with E-state index in [1.54, 1.807) is 12.3 Å². The van der Waals surface area contributed by atoms with Gasteiger partial charge < -0.3 is 19.4 Å². The Labute approximate surface area is 190 Å². The van der Waals surface area contributed by atoms with Crippen LogP contribution in [-0.2, 0) is 0 Å². The van der Waals surface area contributed by atoms with Crippen molar-refractivity contribution >= 4 is 6.21 Å². The van der Waals surface area contributed by atoms with E-state index in [1.165, 1.54) is 18.3 Å². The molecule has 0 amide bonds. The highest BCUT2D eigenvalue weighted by atomic mass is 19.4. The van der Waals surface area contributed by atoms with Gasteiger partial charge in [-0.15, -0.1) is 13.2 Å². The van der Waals surface area contributed by atoms with E-state index in [-0.39, 0.29) is 30.4 Å². The molecule has 1 aliphatic rings. The molecule has 0 saturated heterocycles. The van der Waals surface area contributed by atoms with Gasteiger partial charge in [-0.3, -0.25) is 4.99 Å².